The van der Waals surface area contributed by atoms with E-state index in [1.54, 1.807) is 28.9 Å². The van der Waals surface area contributed by atoms with Gasteiger partial charge in [-0.15, -0.1) is 0 Å². The Bertz CT molecular complexity index is 720. The summed E-state index contributed by atoms with van der Waals surface area (Å²) in [6.07, 6.45) is 0.496. The Morgan fingerprint density at radius 3 is 2.65 bits per heavy atom. The first-order chi connectivity index (χ1) is 10.9. The van der Waals surface area contributed by atoms with E-state index >= 15 is 0 Å². The van der Waals surface area contributed by atoms with Gasteiger partial charge in [-0.1, -0.05) is 26.0 Å². The number of anilines is 1. The number of aromatic nitrogens is 2. The zero-order valence-corrected chi connectivity index (χ0v) is 13.5. The number of rotatable bonds is 6. The monoisotopic (exact) mass is 315 g/mol. The van der Waals surface area contributed by atoms with Crippen LogP contribution >= 0.6 is 0 Å². The first kappa shape index (κ1) is 16.7. The van der Waals surface area contributed by atoms with Crippen LogP contribution in [0, 0.1) is 0 Å². The lowest BCUT2D eigenvalue weighted by Crippen LogP contribution is -2.13. The minimum absolute atomic E-state index is 0.0649. The molecule has 1 aromatic carbocycles. The summed E-state index contributed by atoms with van der Waals surface area (Å²) in [6.45, 7) is 4.09. The normalized spacial score (nSPS) is 10.8. The fourth-order valence-corrected chi connectivity index (χ4v) is 2.38. The van der Waals surface area contributed by atoms with Gasteiger partial charge in [0.25, 0.3) is 5.91 Å². The molecular weight excluding hydrogens is 294 g/mol. The molecule has 6 nitrogen and oxygen atoms in total. The third-order valence-electron chi connectivity index (χ3n) is 3.55. The molecule has 0 fully saturated rings. The van der Waals surface area contributed by atoms with Crippen molar-refractivity contribution in [1.82, 2.24) is 9.78 Å². The maximum absolute atomic E-state index is 12.3. The first-order valence-electron chi connectivity index (χ1n) is 7.53. The van der Waals surface area contributed by atoms with Crippen molar-refractivity contribution < 1.29 is 14.7 Å². The van der Waals surface area contributed by atoms with Crippen molar-refractivity contribution >= 4 is 17.6 Å². The van der Waals surface area contributed by atoms with Crippen LogP contribution < -0.4 is 5.32 Å². The molecule has 0 unspecified atom stereocenters. The lowest BCUT2D eigenvalue weighted by atomic mass is 10.1. The Labute approximate surface area is 135 Å². The number of aliphatic carboxylic acids is 1. The molecule has 0 aliphatic heterocycles. The van der Waals surface area contributed by atoms with Crippen molar-refractivity contribution in [2.24, 2.45) is 7.05 Å². The highest BCUT2D eigenvalue weighted by Crippen LogP contribution is 2.17. The molecule has 6 heteroatoms. The van der Waals surface area contributed by atoms with Crippen molar-refractivity contribution in [3.05, 3.63) is 47.3 Å². The Morgan fingerprint density at radius 1 is 1.30 bits per heavy atom. The van der Waals surface area contributed by atoms with Crippen molar-refractivity contribution in [2.75, 3.05) is 5.32 Å². The molecule has 2 rings (SSSR count). The molecule has 2 N–H and O–H groups in total. The third kappa shape index (κ3) is 4.42. The van der Waals surface area contributed by atoms with Gasteiger partial charge in [0, 0.05) is 24.8 Å². The molecule has 0 spiro atoms. The second-order valence-corrected chi connectivity index (χ2v) is 5.78. The highest BCUT2D eigenvalue weighted by molar-refractivity contribution is 6.03. The number of amides is 1. The summed E-state index contributed by atoms with van der Waals surface area (Å²) < 4.78 is 1.71. The van der Waals surface area contributed by atoms with E-state index in [0.717, 1.165) is 11.3 Å². The second kappa shape index (κ2) is 7.09. The smallest absolute Gasteiger partial charge is 0.303 e. The summed E-state index contributed by atoms with van der Waals surface area (Å²) in [4.78, 5) is 22.9. The molecule has 0 radical (unpaired) electrons. The fourth-order valence-electron chi connectivity index (χ4n) is 2.38. The summed E-state index contributed by atoms with van der Waals surface area (Å²) in [5.41, 5.74) is 2.86. The van der Waals surface area contributed by atoms with Gasteiger partial charge in [-0.25, -0.2) is 0 Å². The number of nitrogens with one attached hydrogen (secondary N) is 1. The SMILES string of the molecule is CC(C)c1cc(C(=O)Nc2cccc(CCC(=O)O)c2)nn1C. The number of carbonyl (C=O) groups excluding carboxylic acids is 1. The van der Waals surface area contributed by atoms with Gasteiger partial charge in [0.15, 0.2) is 5.69 Å². The number of benzene rings is 1. The summed E-state index contributed by atoms with van der Waals surface area (Å²) in [6, 6.07) is 8.98. The zero-order valence-electron chi connectivity index (χ0n) is 13.5. The second-order valence-electron chi connectivity index (χ2n) is 5.78. The van der Waals surface area contributed by atoms with Crippen molar-refractivity contribution in [2.45, 2.75) is 32.6 Å². The molecule has 1 amide bonds. The number of carbonyl (C=O) groups is 2. The number of carboxylic acids is 1. The predicted molar refractivity (Wildman–Crippen MR) is 87.6 cm³/mol. The molecule has 1 heterocycles. The van der Waals surface area contributed by atoms with Gasteiger partial charge in [-0.05, 0) is 36.1 Å². The molecule has 0 bridgehead atoms. The van der Waals surface area contributed by atoms with E-state index in [1.807, 2.05) is 27.0 Å². The fraction of sp³-hybridized carbons (Fsp3) is 0.353. The summed E-state index contributed by atoms with van der Waals surface area (Å²) in [7, 11) is 1.82. The molecule has 1 aromatic heterocycles. The highest BCUT2D eigenvalue weighted by Gasteiger charge is 2.15. The van der Waals surface area contributed by atoms with Gasteiger partial charge in [0.2, 0.25) is 0 Å². The van der Waals surface area contributed by atoms with Crippen LogP contribution in [0.2, 0.25) is 0 Å². The van der Waals surface area contributed by atoms with Crippen LogP contribution in [-0.4, -0.2) is 26.8 Å². The van der Waals surface area contributed by atoms with Crippen LogP contribution in [0.5, 0.6) is 0 Å². The van der Waals surface area contributed by atoms with E-state index in [2.05, 4.69) is 10.4 Å². The molecule has 0 saturated carbocycles. The van der Waals surface area contributed by atoms with E-state index < -0.39 is 5.97 Å². The zero-order chi connectivity index (χ0) is 17.0. The molecule has 0 aliphatic carbocycles. The van der Waals surface area contributed by atoms with Crippen molar-refractivity contribution in [1.29, 1.82) is 0 Å². The van der Waals surface area contributed by atoms with E-state index in [9.17, 15) is 9.59 Å². The van der Waals surface area contributed by atoms with Crippen LogP contribution in [0.15, 0.2) is 30.3 Å². The van der Waals surface area contributed by atoms with Crippen LogP contribution in [0.1, 0.15) is 47.9 Å². The molecule has 23 heavy (non-hydrogen) atoms. The van der Waals surface area contributed by atoms with Gasteiger partial charge in [0.05, 0.1) is 0 Å². The predicted octanol–water partition coefficient (Wildman–Crippen LogP) is 2.81. The number of carboxylic acid groups (broad SMARTS) is 1. The lowest BCUT2D eigenvalue weighted by Gasteiger charge is -2.05. The van der Waals surface area contributed by atoms with Crippen LogP contribution in [0.25, 0.3) is 0 Å². The van der Waals surface area contributed by atoms with E-state index in [0.29, 0.717) is 17.8 Å². The average molecular weight is 315 g/mol. The van der Waals surface area contributed by atoms with Crippen molar-refractivity contribution in [3.63, 3.8) is 0 Å². The van der Waals surface area contributed by atoms with E-state index in [4.69, 9.17) is 5.11 Å². The summed E-state index contributed by atoms with van der Waals surface area (Å²) in [5.74, 6) is -0.828. The number of nitrogens with zero attached hydrogens (tertiary/aromatic N) is 2. The van der Waals surface area contributed by atoms with Crippen LogP contribution in [-0.2, 0) is 18.3 Å². The Hall–Kier alpha value is -2.63. The van der Waals surface area contributed by atoms with Gasteiger partial charge in [0.1, 0.15) is 0 Å². The van der Waals surface area contributed by atoms with Gasteiger partial charge in [-0.3, -0.25) is 14.3 Å². The molecule has 0 saturated heterocycles. The largest absolute Gasteiger partial charge is 0.481 e. The van der Waals surface area contributed by atoms with Crippen molar-refractivity contribution in [3.8, 4) is 0 Å². The van der Waals surface area contributed by atoms with E-state index in [-0.39, 0.29) is 18.2 Å². The minimum Gasteiger partial charge on any atom is -0.481 e. The van der Waals surface area contributed by atoms with Gasteiger partial charge < -0.3 is 10.4 Å². The molecule has 0 atom stereocenters. The quantitative estimate of drug-likeness (QED) is 0.858. The topological polar surface area (TPSA) is 84.2 Å². The first-order valence-corrected chi connectivity index (χ1v) is 7.53. The van der Waals surface area contributed by atoms with Gasteiger partial charge >= 0.3 is 5.97 Å². The maximum Gasteiger partial charge on any atom is 0.303 e. The standard InChI is InChI=1S/C17H21N3O3/c1-11(2)15-10-14(19-20(15)3)17(23)18-13-6-4-5-12(9-13)7-8-16(21)22/h4-6,9-11H,7-8H2,1-3H3,(H,18,23)(H,21,22). The van der Waals surface area contributed by atoms with Crippen LogP contribution in [0.3, 0.4) is 0 Å². The van der Waals surface area contributed by atoms with Crippen LogP contribution in [0.4, 0.5) is 5.69 Å². The Morgan fingerprint density at radius 2 is 2.04 bits per heavy atom. The Balaban J connectivity index is 2.09. The number of aryl methyl sites for hydroxylation is 2. The van der Waals surface area contributed by atoms with E-state index in [1.165, 1.54) is 0 Å². The maximum atomic E-state index is 12.3. The molecule has 0 aliphatic rings. The number of hydrogen-bond donors (Lipinski definition) is 2. The summed E-state index contributed by atoms with van der Waals surface area (Å²) >= 11 is 0. The average Bonchev–Trinajstić information content (AvgIpc) is 2.88. The third-order valence-corrected chi connectivity index (χ3v) is 3.55. The molecular formula is C17H21N3O3. The molecule has 122 valence electrons. The highest BCUT2D eigenvalue weighted by atomic mass is 16.4. The molecule has 2 aromatic rings. The minimum atomic E-state index is -0.839. The lowest BCUT2D eigenvalue weighted by molar-refractivity contribution is -0.136. The van der Waals surface area contributed by atoms with Gasteiger partial charge in [-0.2, -0.15) is 5.10 Å². The number of hydrogen-bond acceptors (Lipinski definition) is 3. The summed E-state index contributed by atoms with van der Waals surface area (Å²) in [5, 5.41) is 15.8. The Kier molecular flexibility index (Phi) is 5.16.